The van der Waals surface area contributed by atoms with Crippen molar-refractivity contribution < 1.29 is 9.15 Å². The Morgan fingerprint density at radius 1 is 1.48 bits per heavy atom. The minimum absolute atomic E-state index is 0.475. The summed E-state index contributed by atoms with van der Waals surface area (Å²) in [5, 5.41) is 7.65. The molecule has 0 aromatic carbocycles. The fraction of sp³-hybridized carbons (Fsp3) is 0.375. The van der Waals surface area contributed by atoms with Gasteiger partial charge in [0.15, 0.2) is 5.11 Å². The molecule has 124 valence electrons. The number of furan rings is 1. The molecule has 7 heteroatoms. The number of hydrazone groups is 1. The van der Waals surface area contributed by atoms with Crippen molar-refractivity contribution in [1.29, 1.82) is 0 Å². The number of hydrogen-bond donors (Lipinski definition) is 2. The lowest BCUT2D eigenvalue weighted by molar-refractivity contribution is 0.204. The summed E-state index contributed by atoms with van der Waals surface area (Å²) in [5.74, 6) is 0.928. The normalized spacial score (nSPS) is 11.1. The molecule has 0 aliphatic heterocycles. The zero-order valence-corrected chi connectivity index (χ0v) is 14.4. The number of nitrogens with zero attached hydrogens (tertiary/aromatic N) is 2. The average molecular weight is 334 g/mol. The van der Waals surface area contributed by atoms with Crippen LogP contribution in [0, 0.1) is 13.8 Å². The van der Waals surface area contributed by atoms with Crippen LogP contribution in [-0.2, 0) is 11.3 Å². The predicted octanol–water partition coefficient (Wildman–Crippen LogP) is 2.19. The Balaban J connectivity index is 1.95. The van der Waals surface area contributed by atoms with Gasteiger partial charge in [-0.15, -0.1) is 0 Å². The zero-order valence-electron chi connectivity index (χ0n) is 13.6. The Kier molecular flexibility index (Phi) is 6.37. The smallest absolute Gasteiger partial charge is 0.187 e. The van der Waals surface area contributed by atoms with Crippen LogP contribution < -0.4 is 10.7 Å². The third kappa shape index (κ3) is 4.94. The van der Waals surface area contributed by atoms with Crippen LogP contribution in [0.1, 0.15) is 22.7 Å². The van der Waals surface area contributed by atoms with Crippen molar-refractivity contribution in [3.05, 3.63) is 47.2 Å². The monoisotopic (exact) mass is 334 g/mol. The molecule has 0 unspecified atom stereocenters. The molecule has 0 aliphatic carbocycles. The summed E-state index contributed by atoms with van der Waals surface area (Å²) in [6.07, 6.45) is 3.46. The first kappa shape index (κ1) is 17.2. The van der Waals surface area contributed by atoms with Gasteiger partial charge in [0.1, 0.15) is 5.76 Å². The van der Waals surface area contributed by atoms with Crippen molar-refractivity contribution in [2.45, 2.75) is 20.4 Å². The molecule has 2 aromatic rings. The first-order valence-corrected chi connectivity index (χ1v) is 7.77. The molecule has 0 bridgehead atoms. The molecule has 2 aromatic heterocycles. The first-order valence-electron chi connectivity index (χ1n) is 7.36. The van der Waals surface area contributed by atoms with E-state index in [0.717, 1.165) is 22.7 Å². The van der Waals surface area contributed by atoms with Crippen molar-refractivity contribution in [3.8, 4) is 0 Å². The van der Waals surface area contributed by atoms with Crippen LogP contribution in [0.15, 0.2) is 34.0 Å². The zero-order chi connectivity index (χ0) is 16.7. The van der Waals surface area contributed by atoms with Crippen molar-refractivity contribution >= 4 is 23.5 Å². The summed E-state index contributed by atoms with van der Waals surface area (Å²) >= 11 is 5.11. The molecule has 0 fully saturated rings. The molecule has 0 saturated carbocycles. The Morgan fingerprint density at radius 2 is 2.30 bits per heavy atom. The van der Waals surface area contributed by atoms with Crippen LogP contribution in [-0.4, -0.2) is 36.2 Å². The molecule has 0 aliphatic rings. The lowest BCUT2D eigenvalue weighted by Crippen LogP contribution is -2.34. The predicted molar refractivity (Wildman–Crippen MR) is 94.9 cm³/mol. The summed E-state index contributed by atoms with van der Waals surface area (Å²) < 4.78 is 12.5. The number of hydrogen-bond acceptors (Lipinski definition) is 4. The number of thiocarbonyl (C=S) groups is 1. The lowest BCUT2D eigenvalue weighted by atomic mass is 10.3. The summed E-state index contributed by atoms with van der Waals surface area (Å²) in [5.41, 5.74) is 6.12. The van der Waals surface area contributed by atoms with Crippen LogP contribution in [0.4, 0.5) is 0 Å². The van der Waals surface area contributed by atoms with Crippen LogP contribution in [0.5, 0.6) is 0 Å². The molecular formula is C16H22N4O2S. The van der Waals surface area contributed by atoms with Gasteiger partial charge in [-0.2, -0.15) is 5.10 Å². The maximum atomic E-state index is 5.41. The van der Waals surface area contributed by atoms with Gasteiger partial charge in [0, 0.05) is 30.6 Å². The van der Waals surface area contributed by atoms with Gasteiger partial charge in [0.05, 0.1) is 25.6 Å². The molecule has 0 radical (unpaired) electrons. The molecule has 23 heavy (non-hydrogen) atoms. The lowest BCUT2D eigenvalue weighted by Gasteiger charge is -2.07. The molecule has 0 saturated heterocycles. The van der Waals surface area contributed by atoms with Gasteiger partial charge in [0.25, 0.3) is 0 Å². The van der Waals surface area contributed by atoms with Gasteiger partial charge in [-0.1, -0.05) is 0 Å². The Bertz CT molecular complexity index is 662. The second-order valence-electron chi connectivity index (χ2n) is 5.11. The van der Waals surface area contributed by atoms with E-state index in [-0.39, 0.29) is 0 Å². The Labute approximate surface area is 141 Å². The van der Waals surface area contributed by atoms with Crippen LogP contribution in [0.3, 0.4) is 0 Å². The molecule has 2 N–H and O–H groups in total. The van der Waals surface area contributed by atoms with E-state index in [4.69, 9.17) is 21.4 Å². The van der Waals surface area contributed by atoms with E-state index in [2.05, 4.69) is 40.3 Å². The number of aromatic nitrogens is 1. The molecular weight excluding hydrogens is 312 g/mol. The molecule has 0 spiro atoms. The van der Waals surface area contributed by atoms with Crippen molar-refractivity contribution in [1.82, 2.24) is 15.3 Å². The molecule has 2 rings (SSSR count). The fourth-order valence-corrected chi connectivity index (χ4v) is 2.38. The highest BCUT2D eigenvalue weighted by Crippen LogP contribution is 2.15. The quantitative estimate of drug-likeness (QED) is 0.352. The maximum absolute atomic E-state index is 5.41. The minimum atomic E-state index is 0.475. The number of rotatable bonds is 7. The van der Waals surface area contributed by atoms with Gasteiger partial charge in [-0.05, 0) is 44.3 Å². The fourth-order valence-electron chi connectivity index (χ4n) is 2.23. The van der Waals surface area contributed by atoms with E-state index in [0.29, 0.717) is 24.8 Å². The third-order valence-corrected chi connectivity index (χ3v) is 3.70. The molecule has 0 atom stereocenters. The third-order valence-electron chi connectivity index (χ3n) is 3.47. The highest BCUT2D eigenvalue weighted by Gasteiger charge is 2.09. The van der Waals surface area contributed by atoms with E-state index in [1.165, 1.54) is 0 Å². The highest BCUT2D eigenvalue weighted by atomic mass is 32.1. The summed E-state index contributed by atoms with van der Waals surface area (Å²) in [4.78, 5) is 0. The summed E-state index contributed by atoms with van der Waals surface area (Å²) in [6, 6.07) is 5.95. The molecule has 6 nitrogen and oxygen atoms in total. The molecule has 2 heterocycles. The maximum Gasteiger partial charge on any atom is 0.187 e. The number of aryl methyl sites for hydroxylation is 1. The number of ether oxygens (including phenoxy) is 1. The van der Waals surface area contributed by atoms with Crippen molar-refractivity contribution in [2.24, 2.45) is 5.10 Å². The number of nitrogens with one attached hydrogen (secondary N) is 2. The SMILES string of the molecule is COCCNC(=S)N/N=C\c1cc(C)n(Cc2ccco2)c1C. The second kappa shape index (κ2) is 8.50. The van der Waals surface area contributed by atoms with E-state index >= 15 is 0 Å². The standard InChI is InChI=1S/C16H22N4O2S/c1-12-9-14(10-18-19-16(23)17-6-8-21-3)13(2)20(12)11-15-5-4-7-22-15/h4-5,7,9-10H,6,8,11H2,1-3H3,(H2,17,19,23)/b18-10-. The second-order valence-corrected chi connectivity index (χ2v) is 5.52. The van der Waals surface area contributed by atoms with E-state index < -0.39 is 0 Å². The Morgan fingerprint density at radius 3 is 3.00 bits per heavy atom. The average Bonchev–Trinajstić information content (AvgIpc) is 3.12. The van der Waals surface area contributed by atoms with Crippen LogP contribution in [0.25, 0.3) is 0 Å². The number of methoxy groups -OCH3 is 1. The van der Waals surface area contributed by atoms with Crippen molar-refractivity contribution in [3.63, 3.8) is 0 Å². The van der Waals surface area contributed by atoms with Gasteiger partial charge in [0.2, 0.25) is 0 Å². The highest BCUT2D eigenvalue weighted by molar-refractivity contribution is 7.80. The summed E-state index contributed by atoms with van der Waals surface area (Å²) in [6.45, 7) is 6.09. The van der Waals surface area contributed by atoms with Gasteiger partial charge < -0.3 is 19.0 Å². The summed E-state index contributed by atoms with van der Waals surface area (Å²) in [7, 11) is 1.65. The van der Waals surface area contributed by atoms with E-state index in [1.807, 2.05) is 12.1 Å². The topological polar surface area (TPSA) is 63.7 Å². The first-order chi connectivity index (χ1) is 11.1. The van der Waals surface area contributed by atoms with Crippen LogP contribution in [0.2, 0.25) is 0 Å². The Hall–Kier alpha value is -2.12. The van der Waals surface area contributed by atoms with Gasteiger partial charge in [-0.25, -0.2) is 0 Å². The van der Waals surface area contributed by atoms with E-state index in [1.54, 1.807) is 19.6 Å². The van der Waals surface area contributed by atoms with E-state index in [9.17, 15) is 0 Å². The molecule has 0 amide bonds. The largest absolute Gasteiger partial charge is 0.467 e. The van der Waals surface area contributed by atoms with Crippen molar-refractivity contribution in [2.75, 3.05) is 20.3 Å². The minimum Gasteiger partial charge on any atom is -0.467 e. The van der Waals surface area contributed by atoms with Crippen LogP contribution >= 0.6 is 12.2 Å². The van der Waals surface area contributed by atoms with Gasteiger partial charge >= 0.3 is 0 Å². The van der Waals surface area contributed by atoms with Gasteiger partial charge in [-0.3, -0.25) is 5.43 Å².